The Morgan fingerprint density at radius 3 is 2.31 bits per heavy atom. The van der Waals surface area contributed by atoms with E-state index in [1.165, 1.54) is 0 Å². The minimum atomic E-state index is -0.204. The molecule has 0 saturated heterocycles. The molecule has 84 valence electrons. The Hall–Kier alpha value is -1.70. The zero-order valence-corrected chi connectivity index (χ0v) is 9.82. The monoisotopic (exact) mass is 216 g/mol. The standard InChI is InChI=1S/C14H16O2/c1-14(2,3)16-13-7-5-10-4-6-12(15)8-11(10)9-13/h4-9,15H,1-3H3. The van der Waals surface area contributed by atoms with Crippen LogP contribution in [-0.4, -0.2) is 10.7 Å². The average Bonchev–Trinajstić information content (AvgIpc) is 2.14. The van der Waals surface area contributed by atoms with E-state index in [9.17, 15) is 5.11 Å². The highest BCUT2D eigenvalue weighted by atomic mass is 16.5. The van der Waals surface area contributed by atoms with Crippen molar-refractivity contribution in [2.45, 2.75) is 26.4 Å². The number of hydrogen-bond donors (Lipinski definition) is 1. The molecule has 2 heteroatoms. The Morgan fingerprint density at radius 2 is 1.62 bits per heavy atom. The van der Waals surface area contributed by atoms with E-state index >= 15 is 0 Å². The molecule has 0 radical (unpaired) electrons. The fourth-order valence-electron chi connectivity index (χ4n) is 1.63. The van der Waals surface area contributed by atoms with Gasteiger partial charge in [-0.05, 0) is 55.8 Å². The van der Waals surface area contributed by atoms with Crippen LogP contribution in [0.1, 0.15) is 20.8 Å². The molecule has 0 aliphatic heterocycles. The highest BCUT2D eigenvalue weighted by molar-refractivity contribution is 5.85. The molecule has 2 aromatic rings. The van der Waals surface area contributed by atoms with Crippen LogP contribution in [0.4, 0.5) is 0 Å². The van der Waals surface area contributed by atoms with Crippen LogP contribution in [0.25, 0.3) is 10.8 Å². The molecule has 0 aliphatic carbocycles. The molecule has 0 heterocycles. The van der Waals surface area contributed by atoms with E-state index in [-0.39, 0.29) is 11.4 Å². The summed E-state index contributed by atoms with van der Waals surface area (Å²) in [7, 11) is 0. The molecule has 0 fully saturated rings. The van der Waals surface area contributed by atoms with Crippen molar-refractivity contribution in [1.82, 2.24) is 0 Å². The molecule has 0 aliphatic rings. The topological polar surface area (TPSA) is 29.5 Å². The number of phenols is 1. The van der Waals surface area contributed by atoms with Crippen molar-refractivity contribution in [1.29, 1.82) is 0 Å². The molecule has 0 bridgehead atoms. The molecule has 0 spiro atoms. The fourth-order valence-corrected chi connectivity index (χ4v) is 1.63. The molecule has 2 aromatic carbocycles. The number of ether oxygens (including phenoxy) is 1. The van der Waals surface area contributed by atoms with Gasteiger partial charge in [0.25, 0.3) is 0 Å². The summed E-state index contributed by atoms with van der Waals surface area (Å²) in [5.74, 6) is 1.10. The average molecular weight is 216 g/mol. The van der Waals surface area contributed by atoms with Crippen LogP contribution < -0.4 is 4.74 Å². The smallest absolute Gasteiger partial charge is 0.120 e. The summed E-state index contributed by atoms with van der Waals surface area (Å²) in [5.41, 5.74) is -0.204. The van der Waals surface area contributed by atoms with Gasteiger partial charge in [0.15, 0.2) is 0 Å². The number of rotatable bonds is 1. The number of hydrogen-bond acceptors (Lipinski definition) is 2. The van der Waals surface area contributed by atoms with Gasteiger partial charge < -0.3 is 9.84 Å². The van der Waals surface area contributed by atoms with Crippen molar-refractivity contribution in [2.75, 3.05) is 0 Å². The van der Waals surface area contributed by atoms with E-state index in [0.29, 0.717) is 0 Å². The molecule has 0 amide bonds. The van der Waals surface area contributed by atoms with Gasteiger partial charge in [0.2, 0.25) is 0 Å². The van der Waals surface area contributed by atoms with Gasteiger partial charge in [-0.15, -0.1) is 0 Å². The lowest BCUT2D eigenvalue weighted by atomic mass is 10.1. The maximum atomic E-state index is 9.41. The van der Waals surface area contributed by atoms with Crippen LogP contribution in [0.5, 0.6) is 11.5 Å². The van der Waals surface area contributed by atoms with Crippen molar-refractivity contribution in [2.24, 2.45) is 0 Å². The first-order valence-corrected chi connectivity index (χ1v) is 5.36. The summed E-state index contributed by atoms with van der Waals surface area (Å²) in [6, 6.07) is 11.2. The maximum Gasteiger partial charge on any atom is 0.120 e. The molecule has 16 heavy (non-hydrogen) atoms. The molecular weight excluding hydrogens is 200 g/mol. The lowest BCUT2D eigenvalue weighted by Crippen LogP contribution is -2.22. The van der Waals surface area contributed by atoms with E-state index in [1.807, 2.05) is 45.0 Å². The molecule has 1 N–H and O–H groups in total. The third-order valence-corrected chi connectivity index (χ3v) is 2.22. The molecule has 0 unspecified atom stereocenters. The van der Waals surface area contributed by atoms with Gasteiger partial charge in [0.1, 0.15) is 17.1 Å². The summed E-state index contributed by atoms with van der Waals surface area (Å²) >= 11 is 0. The Morgan fingerprint density at radius 1 is 0.938 bits per heavy atom. The van der Waals surface area contributed by atoms with Crippen LogP contribution in [0, 0.1) is 0 Å². The van der Waals surface area contributed by atoms with Crippen LogP contribution in [0.3, 0.4) is 0 Å². The molecular formula is C14H16O2. The van der Waals surface area contributed by atoms with Crippen molar-refractivity contribution in [3.8, 4) is 11.5 Å². The van der Waals surface area contributed by atoms with Crippen LogP contribution >= 0.6 is 0 Å². The van der Waals surface area contributed by atoms with E-state index in [2.05, 4.69) is 0 Å². The Bertz CT molecular complexity index is 510. The molecule has 0 aromatic heterocycles. The van der Waals surface area contributed by atoms with Gasteiger partial charge in [-0.1, -0.05) is 12.1 Å². The first-order valence-electron chi connectivity index (χ1n) is 5.36. The first kappa shape index (κ1) is 10.8. The van der Waals surface area contributed by atoms with Crippen LogP contribution in [0.15, 0.2) is 36.4 Å². The van der Waals surface area contributed by atoms with Gasteiger partial charge in [-0.25, -0.2) is 0 Å². The summed E-state index contributed by atoms with van der Waals surface area (Å²) in [5, 5.41) is 11.5. The predicted molar refractivity (Wildman–Crippen MR) is 66.0 cm³/mol. The fraction of sp³-hybridized carbons (Fsp3) is 0.286. The zero-order chi connectivity index (χ0) is 11.8. The summed E-state index contributed by atoms with van der Waals surface area (Å²) in [6.07, 6.45) is 0. The molecule has 0 atom stereocenters. The van der Waals surface area contributed by atoms with E-state index < -0.39 is 0 Å². The van der Waals surface area contributed by atoms with Crippen LogP contribution in [0.2, 0.25) is 0 Å². The molecule has 0 saturated carbocycles. The van der Waals surface area contributed by atoms with Gasteiger partial charge in [-0.3, -0.25) is 0 Å². The highest BCUT2D eigenvalue weighted by Gasteiger charge is 2.11. The quantitative estimate of drug-likeness (QED) is 0.787. The third kappa shape index (κ3) is 2.45. The van der Waals surface area contributed by atoms with Crippen molar-refractivity contribution in [3.05, 3.63) is 36.4 Å². The number of fused-ring (bicyclic) bond motifs is 1. The summed E-state index contributed by atoms with van der Waals surface area (Å²) < 4.78 is 5.77. The van der Waals surface area contributed by atoms with Crippen LogP contribution in [-0.2, 0) is 0 Å². The largest absolute Gasteiger partial charge is 0.508 e. The van der Waals surface area contributed by atoms with Gasteiger partial charge >= 0.3 is 0 Å². The predicted octanol–water partition coefficient (Wildman–Crippen LogP) is 3.72. The summed E-state index contributed by atoms with van der Waals surface area (Å²) in [4.78, 5) is 0. The second kappa shape index (κ2) is 3.71. The summed E-state index contributed by atoms with van der Waals surface area (Å²) in [6.45, 7) is 6.04. The van der Waals surface area contributed by atoms with Gasteiger partial charge in [0.05, 0.1) is 0 Å². The Balaban J connectivity index is 2.43. The Kier molecular flexibility index (Phi) is 2.50. The first-order chi connectivity index (χ1) is 7.44. The minimum Gasteiger partial charge on any atom is -0.508 e. The third-order valence-electron chi connectivity index (χ3n) is 2.22. The number of benzene rings is 2. The van der Waals surface area contributed by atoms with Gasteiger partial charge in [0, 0.05) is 0 Å². The number of phenolic OH excluding ortho intramolecular Hbond substituents is 1. The number of aromatic hydroxyl groups is 1. The van der Waals surface area contributed by atoms with Gasteiger partial charge in [-0.2, -0.15) is 0 Å². The van der Waals surface area contributed by atoms with E-state index in [0.717, 1.165) is 16.5 Å². The second-order valence-electron chi connectivity index (χ2n) is 4.91. The van der Waals surface area contributed by atoms with Crippen molar-refractivity contribution < 1.29 is 9.84 Å². The lowest BCUT2D eigenvalue weighted by molar-refractivity contribution is 0.131. The SMILES string of the molecule is CC(C)(C)Oc1ccc2ccc(O)cc2c1. The minimum absolute atomic E-state index is 0.204. The molecule has 2 rings (SSSR count). The zero-order valence-electron chi connectivity index (χ0n) is 9.82. The lowest BCUT2D eigenvalue weighted by Gasteiger charge is -2.21. The van der Waals surface area contributed by atoms with Crippen molar-refractivity contribution >= 4 is 10.8 Å². The van der Waals surface area contributed by atoms with Crippen molar-refractivity contribution in [3.63, 3.8) is 0 Å². The maximum absolute atomic E-state index is 9.41. The van der Waals surface area contributed by atoms with E-state index in [1.54, 1.807) is 12.1 Å². The highest BCUT2D eigenvalue weighted by Crippen LogP contribution is 2.26. The second-order valence-corrected chi connectivity index (χ2v) is 4.91. The molecule has 2 nitrogen and oxygen atoms in total. The Labute approximate surface area is 95.5 Å². The normalized spacial score (nSPS) is 11.7. The van der Waals surface area contributed by atoms with E-state index in [4.69, 9.17) is 4.74 Å².